The summed E-state index contributed by atoms with van der Waals surface area (Å²) in [5, 5.41) is 8.66. The van der Waals surface area contributed by atoms with Crippen LogP contribution in [0.15, 0.2) is 11.0 Å². The summed E-state index contributed by atoms with van der Waals surface area (Å²) in [5.41, 5.74) is -0.622. The lowest BCUT2D eigenvalue weighted by Gasteiger charge is -1.88. The van der Waals surface area contributed by atoms with E-state index in [1.807, 2.05) is 0 Å². The van der Waals surface area contributed by atoms with Crippen molar-refractivity contribution in [3.05, 3.63) is 22.4 Å². The van der Waals surface area contributed by atoms with Gasteiger partial charge >= 0.3 is 0 Å². The lowest BCUT2D eigenvalue weighted by molar-refractivity contribution is 0.463. The number of nitrogens with one attached hydrogen (secondary N) is 1. The van der Waals surface area contributed by atoms with Gasteiger partial charge in [0.25, 0.3) is 5.56 Å². The van der Waals surface area contributed by atoms with Crippen molar-refractivity contribution < 1.29 is 5.11 Å². The molecule has 0 fully saturated rings. The molecule has 1 rings (SSSR count). The fourth-order valence-corrected chi connectivity index (χ4v) is 0.462. The highest BCUT2D eigenvalue weighted by atomic mass is 16.3. The van der Waals surface area contributed by atoms with Crippen LogP contribution in [0.1, 0.15) is 5.82 Å². The van der Waals surface area contributed by atoms with Gasteiger partial charge in [-0.3, -0.25) is 9.78 Å². The number of terminal acetylenes is 1. The van der Waals surface area contributed by atoms with Crippen molar-refractivity contribution in [2.75, 3.05) is 0 Å². The van der Waals surface area contributed by atoms with Crippen LogP contribution in [0.4, 0.5) is 0 Å². The molecule has 0 saturated heterocycles. The number of aromatic nitrogens is 2. The predicted octanol–water partition coefficient (Wildman–Crippen LogP) is -0.543. The molecule has 1 aromatic heterocycles. The molecule has 4 nitrogen and oxygen atoms in total. The molecule has 0 bridgehead atoms. The first-order chi connectivity index (χ1) is 4.74. The fraction of sp³-hybridized carbons (Fsp3) is 0. The predicted molar refractivity (Wildman–Crippen MR) is 34.5 cm³/mol. The van der Waals surface area contributed by atoms with E-state index in [-0.39, 0.29) is 5.82 Å². The molecular weight excluding hydrogens is 132 g/mol. The summed E-state index contributed by atoms with van der Waals surface area (Å²) >= 11 is 0. The molecule has 0 unspecified atom stereocenters. The Labute approximate surface area is 56.6 Å². The van der Waals surface area contributed by atoms with Gasteiger partial charge in [0.2, 0.25) is 0 Å². The molecule has 0 atom stereocenters. The van der Waals surface area contributed by atoms with Crippen molar-refractivity contribution >= 4 is 0 Å². The zero-order valence-electron chi connectivity index (χ0n) is 4.96. The highest BCUT2D eigenvalue weighted by Gasteiger charge is 1.95. The zero-order chi connectivity index (χ0) is 7.56. The van der Waals surface area contributed by atoms with Crippen LogP contribution in [0.5, 0.6) is 5.75 Å². The molecule has 0 aliphatic carbocycles. The molecule has 0 amide bonds. The van der Waals surface area contributed by atoms with Crippen molar-refractivity contribution in [3.8, 4) is 18.1 Å². The first-order valence-corrected chi connectivity index (χ1v) is 2.49. The maximum atomic E-state index is 10.6. The molecule has 4 heteroatoms. The van der Waals surface area contributed by atoms with Crippen LogP contribution in [0.2, 0.25) is 0 Å². The second kappa shape index (κ2) is 2.23. The summed E-state index contributed by atoms with van der Waals surface area (Å²) in [6.45, 7) is 0. The van der Waals surface area contributed by atoms with Gasteiger partial charge in [0.1, 0.15) is 0 Å². The molecule has 0 aliphatic rings. The maximum Gasteiger partial charge on any atom is 0.293 e. The van der Waals surface area contributed by atoms with Gasteiger partial charge in [-0.25, -0.2) is 4.98 Å². The monoisotopic (exact) mass is 136 g/mol. The highest BCUT2D eigenvalue weighted by Crippen LogP contribution is 1.92. The number of nitrogens with zero attached hydrogens (tertiary/aromatic N) is 1. The number of aromatic hydroxyl groups is 1. The molecule has 10 heavy (non-hydrogen) atoms. The summed E-state index contributed by atoms with van der Waals surface area (Å²) in [5.74, 6) is 1.80. The van der Waals surface area contributed by atoms with Gasteiger partial charge in [0.15, 0.2) is 11.6 Å². The average Bonchev–Trinajstić information content (AvgIpc) is 1.95. The molecule has 1 aromatic rings. The van der Waals surface area contributed by atoms with E-state index in [1.54, 1.807) is 0 Å². The molecule has 50 valence electrons. The normalized spacial score (nSPS) is 8.70. The first kappa shape index (κ1) is 6.36. The molecule has 0 aliphatic heterocycles. The maximum absolute atomic E-state index is 10.6. The lowest BCUT2D eigenvalue weighted by Crippen LogP contribution is -2.07. The Morgan fingerprint density at radius 2 is 2.50 bits per heavy atom. The summed E-state index contributed by atoms with van der Waals surface area (Å²) in [6, 6.07) is 0. The van der Waals surface area contributed by atoms with Gasteiger partial charge in [0.05, 0.1) is 6.20 Å². The SMILES string of the molecule is C#Cc1ncc(O)c(=O)[nH]1. The average molecular weight is 136 g/mol. The summed E-state index contributed by atoms with van der Waals surface area (Å²) in [4.78, 5) is 16.2. The van der Waals surface area contributed by atoms with E-state index in [2.05, 4.69) is 15.9 Å². The van der Waals surface area contributed by atoms with E-state index in [9.17, 15) is 4.79 Å². The number of aromatic amines is 1. The van der Waals surface area contributed by atoms with Gasteiger partial charge in [-0.2, -0.15) is 0 Å². The minimum absolute atomic E-state index is 0.114. The summed E-state index contributed by atoms with van der Waals surface area (Å²) in [6.07, 6.45) is 5.91. The summed E-state index contributed by atoms with van der Waals surface area (Å²) in [7, 11) is 0. The minimum Gasteiger partial charge on any atom is -0.502 e. The third-order valence-electron chi connectivity index (χ3n) is 0.917. The molecule has 0 aromatic carbocycles. The van der Waals surface area contributed by atoms with Gasteiger partial charge in [-0.05, 0) is 5.92 Å². The van der Waals surface area contributed by atoms with Crippen molar-refractivity contribution in [1.82, 2.24) is 9.97 Å². The Morgan fingerprint density at radius 3 is 3.00 bits per heavy atom. The van der Waals surface area contributed by atoms with Crippen molar-refractivity contribution in [2.24, 2.45) is 0 Å². The van der Waals surface area contributed by atoms with Crippen molar-refractivity contribution in [1.29, 1.82) is 0 Å². The Hall–Kier alpha value is -1.76. The molecule has 0 saturated carbocycles. The second-order valence-electron chi connectivity index (χ2n) is 1.59. The van der Waals surface area contributed by atoms with Crippen LogP contribution in [0.3, 0.4) is 0 Å². The minimum atomic E-state index is -0.622. The van der Waals surface area contributed by atoms with E-state index in [0.717, 1.165) is 6.20 Å². The molecule has 1 heterocycles. The third kappa shape index (κ3) is 0.977. The van der Waals surface area contributed by atoms with Gasteiger partial charge in [0, 0.05) is 0 Å². The van der Waals surface area contributed by atoms with Crippen LogP contribution < -0.4 is 5.56 Å². The summed E-state index contributed by atoms with van der Waals surface area (Å²) < 4.78 is 0. The Kier molecular flexibility index (Phi) is 1.42. The Bertz CT molecular complexity index is 334. The number of H-pyrrole nitrogens is 1. The van der Waals surface area contributed by atoms with E-state index in [0.29, 0.717) is 0 Å². The van der Waals surface area contributed by atoms with Gasteiger partial charge in [-0.1, -0.05) is 0 Å². The molecular formula is C6H4N2O2. The zero-order valence-corrected chi connectivity index (χ0v) is 4.96. The van der Waals surface area contributed by atoms with E-state index >= 15 is 0 Å². The van der Waals surface area contributed by atoms with Crippen LogP contribution in [-0.4, -0.2) is 15.1 Å². The quantitative estimate of drug-likeness (QED) is 0.470. The first-order valence-electron chi connectivity index (χ1n) is 2.49. The number of hydrogen-bond acceptors (Lipinski definition) is 3. The van der Waals surface area contributed by atoms with Crippen LogP contribution >= 0.6 is 0 Å². The standard InChI is InChI=1S/C6H4N2O2/c1-2-5-7-3-4(9)6(10)8-5/h1,3,9H,(H,7,8,10). The smallest absolute Gasteiger partial charge is 0.293 e. The van der Waals surface area contributed by atoms with Crippen molar-refractivity contribution in [2.45, 2.75) is 0 Å². The fourth-order valence-electron chi connectivity index (χ4n) is 0.462. The second-order valence-corrected chi connectivity index (χ2v) is 1.59. The number of hydrogen-bond donors (Lipinski definition) is 2. The van der Waals surface area contributed by atoms with Gasteiger partial charge in [-0.15, -0.1) is 6.42 Å². The van der Waals surface area contributed by atoms with Crippen LogP contribution in [0, 0.1) is 12.3 Å². The lowest BCUT2D eigenvalue weighted by atomic mass is 10.5. The van der Waals surface area contributed by atoms with Crippen LogP contribution in [0.25, 0.3) is 0 Å². The largest absolute Gasteiger partial charge is 0.502 e. The molecule has 2 N–H and O–H groups in total. The Morgan fingerprint density at radius 1 is 1.80 bits per heavy atom. The number of rotatable bonds is 0. The van der Waals surface area contributed by atoms with E-state index in [1.165, 1.54) is 0 Å². The molecule has 0 radical (unpaired) electrons. The third-order valence-corrected chi connectivity index (χ3v) is 0.917. The van der Waals surface area contributed by atoms with E-state index in [4.69, 9.17) is 11.5 Å². The van der Waals surface area contributed by atoms with E-state index < -0.39 is 11.3 Å². The van der Waals surface area contributed by atoms with Gasteiger partial charge < -0.3 is 5.11 Å². The molecule has 0 spiro atoms. The Balaban J connectivity index is 3.34. The van der Waals surface area contributed by atoms with Crippen molar-refractivity contribution in [3.63, 3.8) is 0 Å². The highest BCUT2D eigenvalue weighted by molar-refractivity contribution is 5.19. The van der Waals surface area contributed by atoms with Crippen LogP contribution in [-0.2, 0) is 0 Å². The topological polar surface area (TPSA) is 66.0 Å².